The summed E-state index contributed by atoms with van der Waals surface area (Å²) in [6.07, 6.45) is 0.917. The first-order chi connectivity index (χ1) is 6.93. The first-order valence-electron chi connectivity index (χ1n) is 5.38. The topological polar surface area (TPSA) is 26.0 Å². The fraction of sp³-hybridized carbons (Fsp3) is 0.538. The van der Waals surface area contributed by atoms with E-state index in [1.54, 1.807) is 0 Å². The molecule has 84 valence electrons. The molecule has 0 amide bonds. The van der Waals surface area contributed by atoms with Gasteiger partial charge in [-0.05, 0) is 42.0 Å². The molecule has 0 heterocycles. The minimum absolute atomic E-state index is 0.182. The molecule has 0 aliphatic carbocycles. The van der Waals surface area contributed by atoms with Gasteiger partial charge >= 0.3 is 0 Å². The van der Waals surface area contributed by atoms with Crippen LogP contribution >= 0.6 is 0 Å². The second-order valence-electron chi connectivity index (χ2n) is 5.13. The maximum atomic E-state index is 12.7. The largest absolute Gasteiger partial charge is 0.330 e. The average molecular weight is 209 g/mol. The highest BCUT2D eigenvalue weighted by Crippen LogP contribution is 2.28. The van der Waals surface area contributed by atoms with E-state index in [2.05, 4.69) is 20.8 Å². The van der Waals surface area contributed by atoms with E-state index >= 15 is 0 Å². The zero-order valence-corrected chi connectivity index (χ0v) is 9.76. The van der Waals surface area contributed by atoms with E-state index in [1.165, 1.54) is 12.1 Å². The number of benzene rings is 1. The third-order valence-electron chi connectivity index (χ3n) is 2.90. The Balaban J connectivity index is 2.71. The van der Waals surface area contributed by atoms with Crippen LogP contribution in [0.25, 0.3) is 0 Å². The molecule has 0 saturated carbocycles. The highest BCUT2D eigenvalue weighted by Gasteiger charge is 2.23. The molecule has 2 heteroatoms. The van der Waals surface area contributed by atoms with Crippen LogP contribution in [0.2, 0.25) is 0 Å². The van der Waals surface area contributed by atoms with Crippen LogP contribution in [0, 0.1) is 17.2 Å². The normalized spacial score (nSPS) is 13.9. The van der Waals surface area contributed by atoms with Crippen LogP contribution in [-0.4, -0.2) is 6.54 Å². The molecular formula is C13H20FN. The molecule has 0 aromatic heterocycles. The van der Waals surface area contributed by atoms with E-state index in [-0.39, 0.29) is 11.2 Å². The van der Waals surface area contributed by atoms with Gasteiger partial charge in [0.15, 0.2) is 0 Å². The average Bonchev–Trinajstić information content (AvgIpc) is 2.15. The van der Waals surface area contributed by atoms with Crippen molar-refractivity contribution < 1.29 is 4.39 Å². The third kappa shape index (κ3) is 3.63. The number of hydrogen-bond donors (Lipinski definition) is 1. The van der Waals surface area contributed by atoms with E-state index in [0.29, 0.717) is 12.5 Å². The zero-order valence-electron chi connectivity index (χ0n) is 9.76. The van der Waals surface area contributed by atoms with Crippen molar-refractivity contribution >= 4 is 0 Å². The van der Waals surface area contributed by atoms with Gasteiger partial charge < -0.3 is 5.73 Å². The lowest BCUT2D eigenvalue weighted by molar-refractivity contribution is 0.246. The van der Waals surface area contributed by atoms with Crippen LogP contribution in [0.5, 0.6) is 0 Å². The molecule has 0 bridgehead atoms. The van der Waals surface area contributed by atoms with Crippen molar-refractivity contribution in [3.05, 3.63) is 35.6 Å². The molecular weight excluding hydrogens is 189 g/mol. The molecule has 0 aliphatic heterocycles. The van der Waals surface area contributed by atoms with E-state index in [0.717, 1.165) is 12.0 Å². The summed E-state index contributed by atoms with van der Waals surface area (Å²) in [5.41, 5.74) is 7.11. The van der Waals surface area contributed by atoms with E-state index in [4.69, 9.17) is 5.73 Å². The highest BCUT2D eigenvalue weighted by molar-refractivity contribution is 5.17. The van der Waals surface area contributed by atoms with Gasteiger partial charge in [0.05, 0.1) is 0 Å². The summed E-state index contributed by atoms with van der Waals surface area (Å²) in [5, 5.41) is 0. The van der Waals surface area contributed by atoms with Crippen molar-refractivity contribution in [3.8, 4) is 0 Å². The molecule has 1 nitrogen and oxygen atoms in total. The predicted octanol–water partition coefficient (Wildman–Crippen LogP) is 2.99. The SMILES string of the molecule is CC(C)(C)C(CN)Cc1ccc(F)cc1. The Hall–Kier alpha value is -0.890. The maximum absolute atomic E-state index is 12.7. The van der Waals surface area contributed by atoms with Gasteiger partial charge in [0.25, 0.3) is 0 Å². The van der Waals surface area contributed by atoms with Crippen molar-refractivity contribution in [3.63, 3.8) is 0 Å². The molecule has 1 aromatic rings. The summed E-state index contributed by atoms with van der Waals surface area (Å²) in [6.45, 7) is 7.23. The van der Waals surface area contributed by atoms with E-state index in [1.807, 2.05) is 12.1 Å². The Morgan fingerprint density at radius 1 is 1.20 bits per heavy atom. The number of halogens is 1. The van der Waals surface area contributed by atoms with Crippen molar-refractivity contribution in [2.45, 2.75) is 27.2 Å². The first-order valence-corrected chi connectivity index (χ1v) is 5.38. The smallest absolute Gasteiger partial charge is 0.123 e. The van der Waals surface area contributed by atoms with Gasteiger partial charge in [0.1, 0.15) is 5.82 Å². The molecule has 0 radical (unpaired) electrons. The second-order valence-corrected chi connectivity index (χ2v) is 5.13. The Bertz CT molecular complexity index is 297. The predicted molar refractivity (Wildman–Crippen MR) is 62.1 cm³/mol. The fourth-order valence-corrected chi connectivity index (χ4v) is 1.65. The second kappa shape index (κ2) is 4.75. The molecule has 15 heavy (non-hydrogen) atoms. The lowest BCUT2D eigenvalue weighted by atomic mass is 9.77. The Morgan fingerprint density at radius 2 is 1.73 bits per heavy atom. The van der Waals surface area contributed by atoms with Crippen molar-refractivity contribution in [2.24, 2.45) is 17.1 Å². The van der Waals surface area contributed by atoms with E-state index < -0.39 is 0 Å². The van der Waals surface area contributed by atoms with Gasteiger partial charge in [-0.1, -0.05) is 32.9 Å². The molecule has 0 spiro atoms. The summed E-state index contributed by atoms with van der Waals surface area (Å²) in [7, 11) is 0. The van der Waals surface area contributed by atoms with Crippen molar-refractivity contribution in [1.82, 2.24) is 0 Å². The molecule has 1 aromatic carbocycles. The number of nitrogens with two attached hydrogens (primary N) is 1. The van der Waals surface area contributed by atoms with Gasteiger partial charge in [0, 0.05) is 0 Å². The lowest BCUT2D eigenvalue weighted by Crippen LogP contribution is -2.29. The Kier molecular flexibility index (Phi) is 3.86. The van der Waals surface area contributed by atoms with E-state index in [9.17, 15) is 4.39 Å². The molecule has 1 atom stereocenters. The molecule has 2 N–H and O–H groups in total. The summed E-state index contributed by atoms with van der Waals surface area (Å²) < 4.78 is 12.7. The Labute approximate surface area is 91.5 Å². The zero-order chi connectivity index (χ0) is 11.5. The molecule has 1 rings (SSSR count). The van der Waals surface area contributed by atoms with Crippen LogP contribution in [-0.2, 0) is 6.42 Å². The fourth-order valence-electron chi connectivity index (χ4n) is 1.65. The van der Waals surface area contributed by atoms with Crippen LogP contribution in [0.15, 0.2) is 24.3 Å². The minimum Gasteiger partial charge on any atom is -0.330 e. The van der Waals surface area contributed by atoms with Crippen LogP contribution in [0.4, 0.5) is 4.39 Å². The summed E-state index contributed by atoms with van der Waals surface area (Å²) >= 11 is 0. The summed E-state index contributed by atoms with van der Waals surface area (Å²) in [6, 6.07) is 6.69. The maximum Gasteiger partial charge on any atom is 0.123 e. The number of hydrogen-bond acceptors (Lipinski definition) is 1. The summed E-state index contributed by atoms with van der Waals surface area (Å²) in [4.78, 5) is 0. The monoisotopic (exact) mass is 209 g/mol. The quantitative estimate of drug-likeness (QED) is 0.813. The first kappa shape index (κ1) is 12.2. The molecule has 0 fully saturated rings. The van der Waals surface area contributed by atoms with Gasteiger partial charge in [-0.2, -0.15) is 0 Å². The van der Waals surface area contributed by atoms with Crippen LogP contribution < -0.4 is 5.73 Å². The minimum atomic E-state index is -0.182. The third-order valence-corrected chi connectivity index (χ3v) is 2.90. The lowest BCUT2D eigenvalue weighted by Gasteiger charge is -2.29. The molecule has 0 saturated heterocycles. The van der Waals surface area contributed by atoms with Gasteiger partial charge in [-0.15, -0.1) is 0 Å². The van der Waals surface area contributed by atoms with Crippen molar-refractivity contribution in [1.29, 1.82) is 0 Å². The Morgan fingerprint density at radius 3 is 2.13 bits per heavy atom. The van der Waals surface area contributed by atoms with Gasteiger partial charge in [-0.3, -0.25) is 0 Å². The number of rotatable bonds is 3. The standard InChI is InChI=1S/C13H20FN/c1-13(2,3)11(9-15)8-10-4-6-12(14)7-5-10/h4-7,11H,8-9,15H2,1-3H3. The van der Waals surface area contributed by atoms with Gasteiger partial charge in [0.2, 0.25) is 0 Å². The van der Waals surface area contributed by atoms with Crippen LogP contribution in [0.1, 0.15) is 26.3 Å². The molecule has 0 aliphatic rings. The van der Waals surface area contributed by atoms with Crippen molar-refractivity contribution in [2.75, 3.05) is 6.54 Å². The molecule has 1 unspecified atom stereocenters. The van der Waals surface area contributed by atoms with Crippen LogP contribution in [0.3, 0.4) is 0 Å². The van der Waals surface area contributed by atoms with Gasteiger partial charge in [-0.25, -0.2) is 4.39 Å². The highest BCUT2D eigenvalue weighted by atomic mass is 19.1. The summed E-state index contributed by atoms with van der Waals surface area (Å²) in [5.74, 6) is 0.252.